The zero-order valence-corrected chi connectivity index (χ0v) is 33.2. The Morgan fingerprint density at radius 2 is 0.981 bits per heavy atom. The Morgan fingerprint density at radius 1 is 0.500 bits per heavy atom. The fraction of sp³-hybridized carbons (Fsp3) is 0.636. The number of benzene rings is 2. The van der Waals surface area contributed by atoms with Gasteiger partial charge in [-0.25, -0.2) is 19.2 Å². The second-order valence-corrected chi connectivity index (χ2v) is 14.6. The van der Waals surface area contributed by atoms with Crippen LogP contribution in [0.3, 0.4) is 0 Å². The minimum Gasteiger partial charge on any atom is -0.462 e. The van der Waals surface area contributed by atoms with E-state index in [1.54, 1.807) is 30.3 Å². The number of carbonyl (C=O) groups is 4. The van der Waals surface area contributed by atoms with E-state index in [9.17, 15) is 19.2 Å². The van der Waals surface area contributed by atoms with Gasteiger partial charge in [0.15, 0.2) is 0 Å². The normalized spacial score (nSPS) is 12.8. The highest BCUT2D eigenvalue weighted by Crippen LogP contribution is 2.31. The lowest BCUT2D eigenvalue weighted by Crippen LogP contribution is -2.20. The minimum absolute atomic E-state index is 0.0430. The zero-order chi connectivity index (χ0) is 38.3. The number of hydrogen-bond donors (Lipinski definition) is 0. The molecule has 0 aliphatic heterocycles. The van der Waals surface area contributed by atoms with Crippen molar-refractivity contribution in [2.75, 3.05) is 26.4 Å². The number of ether oxygens (including phenoxy) is 4. The van der Waals surface area contributed by atoms with E-state index in [0.29, 0.717) is 11.1 Å². The molecule has 0 N–H and O–H groups in total. The molecule has 0 aliphatic rings. The smallest absolute Gasteiger partial charge is 0.339 e. The van der Waals surface area contributed by atoms with Crippen LogP contribution < -0.4 is 0 Å². The summed E-state index contributed by atoms with van der Waals surface area (Å²) in [6.07, 6.45) is 14.0. The van der Waals surface area contributed by atoms with Crippen LogP contribution in [0.1, 0.15) is 180 Å². The standard InChI is InChI=1S/C44H66O8/c1-8-12-16-17-18-27-49-41(45)37-26-25-35(28-39(37)43(47)51-30-33(6)21-14-10-3)36-23-19-24-38(42(46)50-29-32(5)20-13-9-2)40(36)44(48)52-31-34(7)22-15-11-4/h19,23-26,28,32-34H,8-18,20-22,27,29-31H2,1-7H3. The number of rotatable bonds is 26. The Kier molecular flexibility index (Phi) is 21.7. The highest BCUT2D eigenvalue weighted by Gasteiger charge is 2.27. The molecule has 290 valence electrons. The van der Waals surface area contributed by atoms with E-state index in [1.165, 1.54) is 6.07 Å². The Morgan fingerprint density at radius 3 is 1.52 bits per heavy atom. The molecule has 0 bridgehead atoms. The monoisotopic (exact) mass is 722 g/mol. The summed E-state index contributed by atoms with van der Waals surface area (Å²) in [5.74, 6) is -2.05. The molecule has 0 aliphatic carbocycles. The lowest BCUT2D eigenvalue weighted by atomic mass is 9.92. The van der Waals surface area contributed by atoms with Gasteiger partial charge in [-0.3, -0.25) is 0 Å². The Hall–Kier alpha value is -3.68. The molecule has 2 aromatic rings. The van der Waals surface area contributed by atoms with Crippen LogP contribution >= 0.6 is 0 Å². The fourth-order valence-electron chi connectivity index (χ4n) is 5.98. The lowest BCUT2D eigenvalue weighted by Gasteiger charge is -2.18. The van der Waals surface area contributed by atoms with Gasteiger partial charge < -0.3 is 18.9 Å². The van der Waals surface area contributed by atoms with Crippen molar-refractivity contribution in [1.82, 2.24) is 0 Å². The van der Waals surface area contributed by atoms with E-state index in [0.717, 1.165) is 89.9 Å². The van der Waals surface area contributed by atoms with E-state index < -0.39 is 23.9 Å². The average molecular weight is 723 g/mol. The van der Waals surface area contributed by atoms with Gasteiger partial charge in [-0.1, -0.05) is 131 Å². The summed E-state index contributed by atoms with van der Waals surface area (Å²) in [5, 5.41) is 0. The molecule has 0 spiro atoms. The van der Waals surface area contributed by atoms with E-state index in [2.05, 4.69) is 27.7 Å². The van der Waals surface area contributed by atoms with E-state index >= 15 is 0 Å². The second-order valence-electron chi connectivity index (χ2n) is 14.6. The first-order valence-corrected chi connectivity index (χ1v) is 20.0. The van der Waals surface area contributed by atoms with Crippen molar-refractivity contribution < 1.29 is 38.1 Å². The SMILES string of the molecule is CCCCCCCOC(=O)c1ccc(-c2cccc(C(=O)OCC(C)CCCC)c2C(=O)OCC(C)CCCC)cc1C(=O)OCC(C)CCCC. The quantitative estimate of drug-likeness (QED) is 0.0537. The number of carbonyl (C=O) groups excluding carboxylic acids is 4. The maximum atomic E-state index is 13.9. The highest BCUT2D eigenvalue weighted by atomic mass is 16.5. The predicted octanol–water partition coefficient (Wildman–Crippen LogP) is 11.4. The van der Waals surface area contributed by atoms with Gasteiger partial charge in [-0.05, 0) is 72.8 Å². The van der Waals surface area contributed by atoms with Crippen molar-refractivity contribution in [3.63, 3.8) is 0 Å². The number of hydrogen-bond acceptors (Lipinski definition) is 8. The molecule has 0 heterocycles. The van der Waals surface area contributed by atoms with Crippen molar-refractivity contribution in [3.8, 4) is 11.1 Å². The first kappa shape index (κ1) is 44.5. The molecule has 52 heavy (non-hydrogen) atoms. The lowest BCUT2D eigenvalue weighted by molar-refractivity contribution is 0.0397. The van der Waals surface area contributed by atoms with E-state index in [4.69, 9.17) is 18.9 Å². The van der Waals surface area contributed by atoms with E-state index in [-0.39, 0.29) is 66.4 Å². The first-order chi connectivity index (χ1) is 25.1. The summed E-state index contributed by atoms with van der Waals surface area (Å²) in [6, 6.07) is 9.71. The van der Waals surface area contributed by atoms with Gasteiger partial charge in [0.05, 0.1) is 48.7 Å². The largest absolute Gasteiger partial charge is 0.462 e. The van der Waals surface area contributed by atoms with Crippen LogP contribution in [0.25, 0.3) is 11.1 Å². The van der Waals surface area contributed by atoms with Crippen LogP contribution in [-0.2, 0) is 18.9 Å². The van der Waals surface area contributed by atoms with Gasteiger partial charge >= 0.3 is 23.9 Å². The third-order valence-corrected chi connectivity index (χ3v) is 9.39. The topological polar surface area (TPSA) is 105 Å². The van der Waals surface area contributed by atoms with Crippen LogP contribution in [0.2, 0.25) is 0 Å². The van der Waals surface area contributed by atoms with Crippen LogP contribution in [0.15, 0.2) is 36.4 Å². The Bertz CT molecular complexity index is 1380. The molecule has 2 aromatic carbocycles. The summed E-state index contributed by atoms with van der Waals surface area (Å²) in [7, 11) is 0. The maximum absolute atomic E-state index is 13.9. The Labute approximate surface area is 313 Å². The minimum atomic E-state index is -0.648. The van der Waals surface area contributed by atoms with Crippen LogP contribution in [0.4, 0.5) is 0 Å². The van der Waals surface area contributed by atoms with E-state index in [1.807, 2.05) is 20.8 Å². The van der Waals surface area contributed by atoms with Crippen LogP contribution in [-0.4, -0.2) is 50.3 Å². The summed E-state index contributed by atoms with van der Waals surface area (Å²) in [6.45, 7) is 15.5. The molecule has 0 saturated carbocycles. The van der Waals surface area contributed by atoms with Gasteiger partial charge in [-0.2, -0.15) is 0 Å². The molecule has 8 heteroatoms. The van der Waals surface area contributed by atoms with Crippen LogP contribution in [0, 0.1) is 17.8 Å². The molecular weight excluding hydrogens is 656 g/mol. The van der Waals surface area contributed by atoms with Gasteiger partial charge in [-0.15, -0.1) is 0 Å². The van der Waals surface area contributed by atoms with Crippen molar-refractivity contribution in [2.24, 2.45) is 17.8 Å². The second kappa shape index (κ2) is 25.3. The summed E-state index contributed by atoms with van der Waals surface area (Å²) in [5.41, 5.74) is 1.13. The van der Waals surface area contributed by atoms with Crippen molar-refractivity contribution in [2.45, 2.75) is 138 Å². The molecular formula is C44H66O8. The van der Waals surface area contributed by atoms with Crippen molar-refractivity contribution in [3.05, 3.63) is 58.7 Å². The van der Waals surface area contributed by atoms with Gasteiger partial charge in [0.25, 0.3) is 0 Å². The first-order valence-electron chi connectivity index (χ1n) is 20.0. The van der Waals surface area contributed by atoms with Crippen LogP contribution in [0.5, 0.6) is 0 Å². The number of esters is 4. The molecule has 3 atom stereocenters. The molecule has 8 nitrogen and oxygen atoms in total. The molecule has 0 saturated heterocycles. The average Bonchev–Trinajstić information content (AvgIpc) is 3.16. The maximum Gasteiger partial charge on any atom is 0.339 e. The highest BCUT2D eigenvalue weighted by molar-refractivity contribution is 6.09. The third-order valence-electron chi connectivity index (χ3n) is 9.39. The summed E-state index contributed by atoms with van der Waals surface area (Å²) in [4.78, 5) is 54.5. The van der Waals surface area contributed by atoms with Gasteiger partial charge in [0, 0.05) is 0 Å². The van der Waals surface area contributed by atoms with Crippen molar-refractivity contribution in [1.29, 1.82) is 0 Å². The molecule has 0 radical (unpaired) electrons. The number of unbranched alkanes of at least 4 members (excludes halogenated alkanes) is 7. The van der Waals surface area contributed by atoms with Gasteiger partial charge in [0.1, 0.15) is 0 Å². The zero-order valence-electron chi connectivity index (χ0n) is 33.2. The molecule has 3 unspecified atom stereocenters. The third kappa shape index (κ3) is 15.5. The summed E-state index contributed by atoms with van der Waals surface area (Å²) >= 11 is 0. The molecule has 0 fully saturated rings. The molecule has 0 amide bonds. The predicted molar refractivity (Wildman–Crippen MR) is 208 cm³/mol. The fourth-order valence-corrected chi connectivity index (χ4v) is 5.98. The molecule has 0 aromatic heterocycles. The summed E-state index contributed by atoms with van der Waals surface area (Å²) < 4.78 is 22.9. The Balaban J connectivity index is 2.55. The van der Waals surface area contributed by atoms with Crippen molar-refractivity contribution >= 4 is 23.9 Å². The van der Waals surface area contributed by atoms with Gasteiger partial charge in [0.2, 0.25) is 0 Å². The molecule has 2 rings (SSSR count).